The second kappa shape index (κ2) is 3.96. The molecule has 5 heteroatoms. The smallest absolute Gasteiger partial charge is 0.354 e. The zero-order valence-electron chi connectivity index (χ0n) is 9.32. The van der Waals surface area contributed by atoms with E-state index >= 15 is 0 Å². The number of carboxylic acid groups (broad SMARTS) is 1. The Labute approximate surface area is 102 Å². The summed E-state index contributed by atoms with van der Waals surface area (Å²) in [6.45, 7) is 0. The van der Waals surface area contributed by atoms with Gasteiger partial charge in [0.15, 0.2) is 0 Å². The van der Waals surface area contributed by atoms with Crippen molar-refractivity contribution in [2.24, 2.45) is 0 Å². The number of carbonyl (C=O) groups is 1. The number of imidazole rings is 1. The normalized spacial score (nSPS) is 10.7. The first kappa shape index (κ1) is 10.5. The van der Waals surface area contributed by atoms with Gasteiger partial charge in [-0.2, -0.15) is 0 Å². The van der Waals surface area contributed by atoms with E-state index in [2.05, 4.69) is 9.97 Å². The molecule has 0 aliphatic heterocycles. The van der Waals surface area contributed by atoms with Crippen LogP contribution in [0.1, 0.15) is 10.5 Å². The number of rotatable bonds is 2. The molecule has 0 aliphatic carbocycles. The first-order valence-electron chi connectivity index (χ1n) is 5.37. The molecule has 0 saturated heterocycles. The van der Waals surface area contributed by atoms with Gasteiger partial charge in [0.25, 0.3) is 0 Å². The summed E-state index contributed by atoms with van der Waals surface area (Å²) in [5.74, 6) is -1.03. The minimum absolute atomic E-state index is 0.0307. The molecule has 1 aromatic carbocycles. The van der Waals surface area contributed by atoms with Gasteiger partial charge in [-0.3, -0.25) is 4.57 Å². The summed E-state index contributed by atoms with van der Waals surface area (Å²) in [5, 5.41) is 8.80. The van der Waals surface area contributed by atoms with Gasteiger partial charge >= 0.3 is 5.97 Å². The number of hydrogen-bond donors (Lipinski definition) is 1. The van der Waals surface area contributed by atoms with Crippen LogP contribution >= 0.6 is 0 Å². The van der Waals surface area contributed by atoms with Gasteiger partial charge in [0.2, 0.25) is 0 Å². The summed E-state index contributed by atoms with van der Waals surface area (Å²) in [6, 6.07) is 10.9. The fraction of sp³-hybridized carbons (Fsp3) is 0. The lowest BCUT2D eigenvalue weighted by atomic mass is 10.3. The van der Waals surface area contributed by atoms with Crippen LogP contribution in [0.3, 0.4) is 0 Å². The molecule has 0 saturated carbocycles. The van der Waals surface area contributed by atoms with Gasteiger partial charge in [-0.15, -0.1) is 0 Å². The van der Waals surface area contributed by atoms with Crippen LogP contribution in [0.25, 0.3) is 16.7 Å². The van der Waals surface area contributed by atoms with Crippen molar-refractivity contribution < 1.29 is 9.90 Å². The summed E-state index contributed by atoms with van der Waals surface area (Å²) >= 11 is 0. The topological polar surface area (TPSA) is 68.0 Å². The third-order valence-corrected chi connectivity index (χ3v) is 2.70. The van der Waals surface area contributed by atoms with E-state index in [0.717, 1.165) is 16.7 Å². The van der Waals surface area contributed by atoms with Crippen LogP contribution in [-0.2, 0) is 0 Å². The molecule has 0 bridgehead atoms. The maximum atomic E-state index is 10.7. The van der Waals surface area contributed by atoms with Crippen LogP contribution in [0.5, 0.6) is 0 Å². The molecule has 0 atom stereocenters. The van der Waals surface area contributed by atoms with Crippen molar-refractivity contribution in [2.45, 2.75) is 0 Å². The molecule has 0 aliphatic rings. The third-order valence-electron chi connectivity index (χ3n) is 2.70. The van der Waals surface area contributed by atoms with Crippen molar-refractivity contribution in [3.63, 3.8) is 0 Å². The number of benzene rings is 1. The molecule has 1 N–H and O–H groups in total. The van der Waals surface area contributed by atoms with E-state index in [-0.39, 0.29) is 5.69 Å². The number of aromatic carboxylic acids is 1. The second-order valence-corrected chi connectivity index (χ2v) is 3.81. The molecule has 0 radical (unpaired) electrons. The van der Waals surface area contributed by atoms with Crippen molar-refractivity contribution in [1.29, 1.82) is 0 Å². The SMILES string of the molecule is O=C(O)c1ccc(-n2cnc3ccccc32)cn1. The van der Waals surface area contributed by atoms with E-state index in [1.807, 2.05) is 28.8 Å². The molecule has 0 unspecified atom stereocenters. The second-order valence-electron chi connectivity index (χ2n) is 3.81. The first-order valence-corrected chi connectivity index (χ1v) is 5.37. The lowest BCUT2D eigenvalue weighted by Crippen LogP contribution is -2.01. The summed E-state index contributed by atoms with van der Waals surface area (Å²) in [5.41, 5.74) is 2.67. The Morgan fingerprint density at radius 1 is 1.11 bits per heavy atom. The number of pyridine rings is 1. The summed E-state index contributed by atoms with van der Waals surface area (Å²) < 4.78 is 1.87. The monoisotopic (exact) mass is 239 g/mol. The number of nitrogens with zero attached hydrogens (tertiary/aromatic N) is 3. The van der Waals surface area contributed by atoms with Crippen molar-refractivity contribution in [1.82, 2.24) is 14.5 Å². The lowest BCUT2D eigenvalue weighted by Gasteiger charge is -2.03. The minimum atomic E-state index is -1.03. The van der Waals surface area contributed by atoms with Crippen molar-refractivity contribution in [3.05, 3.63) is 54.6 Å². The summed E-state index contributed by atoms with van der Waals surface area (Å²) in [4.78, 5) is 18.9. The standard InChI is InChI=1S/C13H9N3O2/c17-13(18)11-6-5-9(7-14-11)16-8-15-10-3-1-2-4-12(10)16/h1-8H,(H,17,18). The van der Waals surface area contributed by atoms with Gasteiger partial charge in [0.1, 0.15) is 12.0 Å². The van der Waals surface area contributed by atoms with E-state index in [1.54, 1.807) is 12.4 Å². The Hall–Kier alpha value is -2.69. The van der Waals surface area contributed by atoms with E-state index in [1.165, 1.54) is 12.3 Å². The van der Waals surface area contributed by atoms with Gasteiger partial charge in [-0.25, -0.2) is 14.8 Å². The molecule has 3 aromatic rings. The predicted octanol–water partition coefficient (Wildman–Crippen LogP) is 2.12. The quantitative estimate of drug-likeness (QED) is 0.743. The molecule has 0 spiro atoms. The third kappa shape index (κ3) is 1.62. The Balaban J connectivity index is 2.12. The highest BCUT2D eigenvalue weighted by atomic mass is 16.4. The highest BCUT2D eigenvalue weighted by Crippen LogP contribution is 2.17. The van der Waals surface area contributed by atoms with Crippen molar-refractivity contribution in [2.75, 3.05) is 0 Å². The largest absolute Gasteiger partial charge is 0.477 e. The molecule has 5 nitrogen and oxygen atoms in total. The Kier molecular flexibility index (Phi) is 2.30. The lowest BCUT2D eigenvalue weighted by molar-refractivity contribution is 0.0690. The van der Waals surface area contributed by atoms with Gasteiger partial charge in [0.05, 0.1) is 22.9 Å². The number of carboxylic acids is 1. The fourth-order valence-corrected chi connectivity index (χ4v) is 1.82. The molecular weight excluding hydrogens is 230 g/mol. The van der Waals surface area contributed by atoms with Crippen molar-refractivity contribution in [3.8, 4) is 5.69 Å². The molecule has 3 rings (SSSR count). The van der Waals surface area contributed by atoms with Gasteiger partial charge in [0, 0.05) is 0 Å². The molecule has 2 aromatic heterocycles. The first-order chi connectivity index (χ1) is 8.75. The van der Waals surface area contributed by atoms with E-state index < -0.39 is 5.97 Å². The van der Waals surface area contributed by atoms with Crippen molar-refractivity contribution >= 4 is 17.0 Å². The van der Waals surface area contributed by atoms with Crippen LogP contribution in [0.15, 0.2) is 48.9 Å². The fourth-order valence-electron chi connectivity index (χ4n) is 1.82. The highest BCUT2D eigenvalue weighted by Gasteiger charge is 2.06. The summed E-state index contributed by atoms with van der Waals surface area (Å²) in [6.07, 6.45) is 3.22. The average molecular weight is 239 g/mol. The number of hydrogen-bond acceptors (Lipinski definition) is 3. The zero-order chi connectivity index (χ0) is 12.5. The summed E-state index contributed by atoms with van der Waals surface area (Å²) in [7, 11) is 0. The van der Waals surface area contributed by atoms with Crippen LogP contribution in [0.4, 0.5) is 0 Å². The van der Waals surface area contributed by atoms with Gasteiger partial charge < -0.3 is 5.11 Å². The maximum absolute atomic E-state index is 10.7. The number of fused-ring (bicyclic) bond motifs is 1. The average Bonchev–Trinajstić information content (AvgIpc) is 2.82. The molecule has 88 valence electrons. The van der Waals surface area contributed by atoms with E-state index in [9.17, 15) is 4.79 Å². The number of aromatic nitrogens is 3. The van der Waals surface area contributed by atoms with Crippen LogP contribution in [-0.4, -0.2) is 25.6 Å². The van der Waals surface area contributed by atoms with Gasteiger partial charge in [-0.1, -0.05) is 12.1 Å². The van der Waals surface area contributed by atoms with E-state index in [0.29, 0.717) is 0 Å². The molecule has 0 amide bonds. The minimum Gasteiger partial charge on any atom is -0.477 e. The Morgan fingerprint density at radius 3 is 2.67 bits per heavy atom. The highest BCUT2D eigenvalue weighted by molar-refractivity contribution is 5.85. The zero-order valence-corrected chi connectivity index (χ0v) is 9.32. The predicted molar refractivity (Wildman–Crippen MR) is 65.8 cm³/mol. The van der Waals surface area contributed by atoms with Crippen LogP contribution in [0.2, 0.25) is 0 Å². The number of para-hydroxylation sites is 2. The van der Waals surface area contributed by atoms with Crippen LogP contribution in [0, 0.1) is 0 Å². The maximum Gasteiger partial charge on any atom is 0.354 e. The van der Waals surface area contributed by atoms with Crippen LogP contribution < -0.4 is 0 Å². The van der Waals surface area contributed by atoms with Gasteiger partial charge in [-0.05, 0) is 24.3 Å². The Morgan fingerprint density at radius 2 is 1.94 bits per heavy atom. The Bertz CT molecular complexity index is 716. The molecule has 2 heterocycles. The molecule has 18 heavy (non-hydrogen) atoms. The molecule has 0 fully saturated rings. The van der Waals surface area contributed by atoms with E-state index in [4.69, 9.17) is 5.11 Å². The molecular formula is C13H9N3O2.